The predicted octanol–water partition coefficient (Wildman–Crippen LogP) is 6.00. The molecule has 0 saturated heterocycles. The number of halogens is 2. The van der Waals surface area contributed by atoms with Gasteiger partial charge in [-0.2, -0.15) is 0 Å². The lowest BCUT2D eigenvalue weighted by molar-refractivity contribution is -0.117. The number of rotatable bonds is 6. The lowest BCUT2D eigenvalue weighted by atomic mass is 10.0. The Labute approximate surface area is 208 Å². The molecule has 3 aromatic carbocycles. The molecule has 0 radical (unpaired) electrons. The van der Waals surface area contributed by atoms with Gasteiger partial charge in [0.2, 0.25) is 5.91 Å². The number of carbonyl (C=O) groups excluding carboxylic acids is 2. The Morgan fingerprint density at radius 2 is 1.81 bits per heavy atom. The number of aromatic nitrogens is 2. The zero-order valence-corrected chi connectivity index (χ0v) is 19.7. The molecule has 0 unspecified atom stereocenters. The number of carbonyl (C=O) groups is 2. The third-order valence-corrected chi connectivity index (χ3v) is 7.20. The number of hydrogen-bond acceptors (Lipinski definition) is 4. The number of benzene rings is 3. The van der Waals surface area contributed by atoms with E-state index in [0.717, 1.165) is 57.2 Å². The molecule has 6 nitrogen and oxygen atoms in total. The molecular weight excluding hydrogens is 482 g/mol. The van der Waals surface area contributed by atoms with Crippen molar-refractivity contribution < 1.29 is 18.4 Å². The summed E-state index contributed by atoms with van der Waals surface area (Å²) in [5.41, 5.74) is 4.43. The van der Waals surface area contributed by atoms with E-state index >= 15 is 0 Å². The van der Waals surface area contributed by atoms with E-state index in [1.807, 2.05) is 36.4 Å². The molecule has 9 heteroatoms. The van der Waals surface area contributed by atoms with Crippen LogP contribution in [0.2, 0.25) is 0 Å². The SMILES string of the molecule is O=C(NCc1ccc(F)c(F)c1)c1c[nH]c2ccc(-c3ccc4nc(NC(=O)C5CC5)sc4c3)cc12. The number of nitrogens with zero attached hydrogens (tertiary/aromatic N) is 1. The Bertz CT molecular complexity index is 1650. The highest BCUT2D eigenvalue weighted by molar-refractivity contribution is 7.22. The monoisotopic (exact) mass is 502 g/mol. The normalized spacial score (nSPS) is 13.3. The highest BCUT2D eigenvalue weighted by Crippen LogP contribution is 2.34. The fourth-order valence-electron chi connectivity index (χ4n) is 4.13. The van der Waals surface area contributed by atoms with Gasteiger partial charge >= 0.3 is 0 Å². The summed E-state index contributed by atoms with van der Waals surface area (Å²) in [5.74, 6) is -2.05. The van der Waals surface area contributed by atoms with Crippen molar-refractivity contribution in [3.8, 4) is 11.1 Å². The number of hydrogen-bond donors (Lipinski definition) is 3. The molecular formula is C27H20F2N4O2S. The number of nitrogens with one attached hydrogen (secondary N) is 3. The van der Waals surface area contributed by atoms with Gasteiger partial charge in [0.25, 0.3) is 5.91 Å². The minimum Gasteiger partial charge on any atom is -0.360 e. The van der Waals surface area contributed by atoms with Gasteiger partial charge in [-0.25, -0.2) is 13.8 Å². The molecule has 0 spiro atoms. The first-order valence-corrected chi connectivity index (χ1v) is 12.3. The van der Waals surface area contributed by atoms with Crippen molar-refractivity contribution in [1.82, 2.24) is 15.3 Å². The number of anilines is 1. The molecule has 3 N–H and O–H groups in total. The highest BCUT2D eigenvalue weighted by atomic mass is 32.1. The first-order chi connectivity index (χ1) is 17.4. The number of amides is 2. The molecule has 1 fully saturated rings. The minimum absolute atomic E-state index is 0.0301. The van der Waals surface area contributed by atoms with Crippen molar-refractivity contribution in [2.45, 2.75) is 19.4 Å². The van der Waals surface area contributed by atoms with Gasteiger partial charge in [0, 0.05) is 29.6 Å². The van der Waals surface area contributed by atoms with E-state index in [0.29, 0.717) is 16.3 Å². The summed E-state index contributed by atoms with van der Waals surface area (Å²) < 4.78 is 27.6. The summed E-state index contributed by atoms with van der Waals surface area (Å²) in [6.07, 6.45) is 3.51. The fraction of sp³-hybridized carbons (Fsp3) is 0.148. The maximum Gasteiger partial charge on any atom is 0.253 e. The van der Waals surface area contributed by atoms with E-state index in [1.54, 1.807) is 6.20 Å². The maximum absolute atomic E-state index is 13.5. The third kappa shape index (κ3) is 4.33. The van der Waals surface area contributed by atoms with Gasteiger partial charge in [0.1, 0.15) is 0 Å². The van der Waals surface area contributed by atoms with Crippen LogP contribution in [0, 0.1) is 17.6 Å². The van der Waals surface area contributed by atoms with Crippen LogP contribution in [-0.4, -0.2) is 21.8 Å². The van der Waals surface area contributed by atoms with Crippen LogP contribution in [-0.2, 0) is 11.3 Å². The van der Waals surface area contributed by atoms with E-state index in [2.05, 4.69) is 20.6 Å². The van der Waals surface area contributed by atoms with Crippen LogP contribution >= 0.6 is 11.3 Å². The van der Waals surface area contributed by atoms with Crippen LogP contribution in [0.1, 0.15) is 28.8 Å². The van der Waals surface area contributed by atoms with Gasteiger partial charge in [-0.15, -0.1) is 0 Å². The van der Waals surface area contributed by atoms with Gasteiger partial charge in [-0.05, 0) is 65.9 Å². The minimum atomic E-state index is -0.950. The van der Waals surface area contributed by atoms with Crippen LogP contribution < -0.4 is 10.6 Å². The Morgan fingerprint density at radius 1 is 1.00 bits per heavy atom. The molecule has 5 aromatic rings. The third-order valence-electron chi connectivity index (χ3n) is 6.26. The largest absolute Gasteiger partial charge is 0.360 e. The molecule has 0 atom stereocenters. The number of H-pyrrole nitrogens is 1. The Balaban J connectivity index is 1.24. The van der Waals surface area contributed by atoms with E-state index in [4.69, 9.17) is 0 Å². The van der Waals surface area contributed by atoms with Crippen LogP contribution in [0.3, 0.4) is 0 Å². The van der Waals surface area contributed by atoms with Gasteiger partial charge in [-0.1, -0.05) is 29.5 Å². The Hall–Kier alpha value is -4.11. The zero-order valence-electron chi connectivity index (χ0n) is 18.9. The Kier molecular flexibility index (Phi) is 5.49. The van der Waals surface area contributed by atoms with Crippen LogP contribution in [0.4, 0.5) is 13.9 Å². The average molecular weight is 503 g/mol. The topological polar surface area (TPSA) is 86.9 Å². The molecule has 0 bridgehead atoms. The quantitative estimate of drug-likeness (QED) is 0.266. The maximum atomic E-state index is 13.5. The highest BCUT2D eigenvalue weighted by Gasteiger charge is 2.30. The number of thiazole rings is 1. The lowest BCUT2D eigenvalue weighted by Gasteiger charge is -2.06. The van der Waals surface area contributed by atoms with Crippen molar-refractivity contribution in [2.75, 3.05) is 5.32 Å². The summed E-state index contributed by atoms with van der Waals surface area (Å²) in [6, 6.07) is 15.3. The van der Waals surface area contributed by atoms with E-state index in [9.17, 15) is 18.4 Å². The number of fused-ring (bicyclic) bond motifs is 2. The molecule has 1 aliphatic rings. The van der Waals surface area contributed by atoms with E-state index in [-0.39, 0.29) is 24.3 Å². The second-order valence-corrected chi connectivity index (χ2v) is 9.89. The van der Waals surface area contributed by atoms with Crippen molar-refractivity contribution in [3.05, 3.63) is 83.6 Å². The molecule has 2 heterocycles. The summed E-state index contributed by atoms with van der Waals surface area (Å²) in [6.45, 7) is 0.0735. The van der Waals surface area contributed by atoms with Gasteiger partial charge in [0.15, 0.2) is 16.8 Å². The van der Waals surface area contributed by atoms with Crippen LogP contribution in [0.15, 0.2) is 60.8 Å². The molecule has 2 aromatic heterocycles. The number of aromatic amines is 1. The first kappa shape index (κ1) is 22.4. The van der Waals surface area contributed by atoms with Gasteiger partial charge in [0.05, 0.1) is 15.8 Å². The Morgan fingerprint density at radius 3 is 2.61 bits per heavy atom. The summed E-state index contributed by atoms with van der Waals surface area (Å²) >= 11 is 1.44. The van der Waals surface area contributed by atoms with E-state index < -0.39 is 11.6 Å². The predicted molar refractivity (Wildman–Crippen MR) is 136 cm³/mol. The molecule has 0 aliphatic heterocycles. The molecule has 180 valence electrons. The summed E-state index contributed by atoms with van der Waals surface area (Å²) in [7, 11) is 0. The molecule has 36 heavy (non-hydrogen) atoms. The van der Waals surface area contributed by atoms with Crippen molar-refractivity contribution >= 4 is 49.4 Å². The van der Waals surface area contributed by atoms with Crippen molar-refractivity contribution in [2.24, 2.45) is 5.92 Å². The van der Waals surface area contributed by atoms with Crippen LogP contribution in [0.5, 0.6) is 0 Å². The summed E-state index contributed by atoms with van der Waals surface area (Å²) in [4.78, 5) is 32.6. The van der Waals surface area contributed by atoms with Crippen LogP contribution in [0.25, 0.3) is 32.2 Å². The second-order valence-electron chi connectivity index (χ2n) is 8.86. The van der Waals surface area contributed by atoms with Gasteiger partial charge < -0.3 is 15.6 Å². The smallest absolute Gasteiger partial charge is 0.253 e. The molecule has 6 rings (SSSR count). The lowest BCUT2D eigenvalue weighted by Crippen LogP contribution is -2.22. The van der Waals surface area contributed by atoms with Crippen molar-refractivity contribution in [3.63, 3.8) is 0 Å². The zero-order chi connectivity index (χ0) is 24.8. The molecule has 2 amide bonds. The molecule has 1 saturated carbocycles. The second kappa shape index (κ2) is 8.83. The average Bonchev–Trinajstić information content (AvgIpc) is 3.53. The fourth-order valence-corrected chi connectivity index (χ4v) is 5.03. The van der Waals surface area contributed by atoms with Crippen molar-refractivity contribution in [1.29, 1.82) is 0 Å². The standard InChI is InChI=1S/C27H20F2N4O2S/c28-20-6-1-14(9-21(20)29)12-31-26(35)19-13-30-22-7-4-16(10-18(19)22)17-5-8-23-24(11-17)36-27(32-23)33-25(34)15-2-3-15/h1,4-11,13,15,30H,2-3,12H2,(H,31,35)(H,32,33,34). The van der Waals surface area contributed by atoms with E-state index in [1.165, 1.54) is 17.4 Å². The first-order valence-electron chi connectivity index (χ1n) is 11.5. The summed E-state index contributed by atoms with van der Waals surface area (Å²) in [5, 5.41) is 7.01. The molecule has 1 aliphatic carbocycles. The van der Waals surface area contributed by atoms with Gasteiger partial charge in [-0.3, -0.25) is 9.59 Å².